The molecule has 0 heterocycles. The van der Waals surface area contributed by atoms with Gasteiger partial charge >= 0.3 is 11.9 Å². The zero-order chi connectivity index (χ0) is 12.6. The number of rotatable bonds is 7. The van der Waals surface area contributed by atoms with Crippen molar-refractivity contribution in [3.8, 4) is 0 Å². The molecule has 0 radical (unpaired) electrons. The molecule has 0 saturated heterocycles. The van der Waals surface area contributed by atoms with E-state index >= 15 is 0 Å². The van der Waals surface area contributed by atoms with Crippen LogP contribution in [-0.2, 0) is 19.1 Å². The Bertz CT molecular complexity index is 202. The van der Waals surface area contributed by atoms with Gasteiger partial charge in [0.25, 0.3) is 0 Å². The highest BCUT2D eigenvalue weighted by Gasteiger charge is 2.33. The van der Waals surface area contributed by atoms with Crippen LogP contribution in [0.3, 0.4) is 0 Å². The Kier molecular flexibility index (Phi) is 7.54. The molecule has 5 nitrogen and oxygen atoms in total. The number of carbonyl (C=O) groups excluding carboxylic acids is 2. The lowest BCUT2D eigenvalue weighted by molar-refractivity contribution is -0.162. The maximum atomic E-state index is 11.5. The van der Waals surface area contributed by atoms with Crippen molar-refractivity contribution in [3.05, 3.63) is 0 Å². The molecule has 1 N–H and O–H groups in total. The lowest BCUT2D eigenvalue weighted by Crippen LogP contribution is -2.34. The number of aliphatic hydroxyl groups excluding tert-OH is 1. The van der Waals surface area contributed by atoms with E-state index < -0.39 is 30.4 Å². The second-order valence-electron chi connectivity index (χ2n) is 3.31. The van der Waals surface area contributed by atoms with Gasteiger partial charge in [0.15, 0.2) is 0 Å². The van der Waals surface area contributed by atoms with Gasteiger partial charge in [-0.25, -0.2) is 0 Å². The first-order valence-electron chi connectivity index (χ1n) is 5.56. The standard InChI is InChI=1S/C11H20O5/c1-4-8(10(13)15-5-2)9(7-12)11(14)16-6-3/h8-9,12H,4-7H2,1-3H3. The molecule has 0 fully saturated rings. The Hall–Kier alpha value is -1.10. The Morgan fingerprint density at radius 2 is 1.44 bits per heavy atom. The second-order valence-corrected chi connectivity index (χ2v) is 3.31. The normalized spacial score (nSPS) is 14.0. The van der Waals surface area contributed by atoms with Crippen molar-refractivity contribution in [2.24, 2.45) is 11.8 Å². The maximum Gasteiger partial charge on any atom is 0.312 e. The molecule has 0 amide bonds. The highest BCUT2D eigenvalue weighted by Crippen LogP contribution is 2.19. The van der Waals surface area contributed by atoms with Crippen molar-refractivity contribution in [1.82, 2.24) is 0 Å². The Balaban J connectivity index is 4.61. The number of hydrogen-bond acceptors (Lipinski definition) is 5. The minimum Gasteiger partial charge on any atom is -0.466 e. The van der Waals surface area contributed by atoms with Crippen LogP contribution in [0.5, 0.6) is 0 Å². The van der Waals surface area contributed by atoms with E-state index in [2.05, 4.69) is 0 Å². The summed E-state index contributed by atoms with van der Waals surface area (Å²) < 4.78 is 9.65. The summed E-state index contributed by atoms with van der Waals surface area (Å²) in [5.74, 6) is -2.48. The summed E-state index contributed by atoms with van der Waals surface area (Å²) in [4.78, 5) is 23.0. The molecule has 0 aliphatic rings. The first-order valence-corrected chi connectivity index (χ1v) is 5.56. The second kappa shape index (κ2) is 8.10. The SMILES string of the molecule is CCOC(=O)C(CC)C(CO)C(=O)OCC. The van der Waals surface area contributed by atoms with Crippen molar-refractivity contribution >= 4 is 11.9 Å². The number of esters is 2. The van der Waals surface area contributed by atoms with Crippen LogP contribution < -0.4 is 0 Å². The van der Waals surface area contributed by atoms with Crippen LogP contribution in [0.1, 0.15) is 27.2 Å². The van der Waals surface area contributed by atoms with Gasteiger partial charge in [0, 0.05) is 0 Å². The molecular weight excluding hydrogens is 212 g/mol. The predicted octanol–water partition coefficient (Wildman–Crippen LogP) is 0.747. The highest BCUT2D eigenvalue weighted by molar-refractivity contribution is 5.82. The number of hydrogen-bond donors (Lipinski definition) is 1. The molecule has 0 rings (SSSR count). The van der Waals surface area contributed by atoms with Crippen LogP contribution in [0.2, 0.25) is 0 Å². The van der Waals surface area contributed by atoms with Gasteiger partial charge < -0.3 is 14.6 Å². The molecule has 94 valence electrons. The summed E-state index contributed by atoms with van der Waals surface area (Å²) in [6.07, 6.45) is 0.433. The van der Waals surface area contributed by atoms with Crippen LogP contribution in [-0.4, -0.2) is 36.9 Å². The fourth-order valence-corrected chi connectivity index (χ4v) is 1.48. The molecule has 0 aromatic rings. The van der Waals surface area contributed by atoms with Gasteiger partial charge in [-0.15, -0.1) is 0 Å². The van der Waals surface area contributed by atoms with Crippen LogP contribution >= 0.6 is 0 Å². The first kappa shape index (κ1) is 14.9. The monoisotopic (exact) mass is 232 g/mol. The van der Waals surface area contributed by atoms with E-state index in [1.807, 2.05) is 0 Å². The largest absolute Gasteiger partial charge is 0.466 e. The predicted molar refractivity (Wildman–Crippen MR) is 57.6 cm³/mol. The zero-order valence-corrected chi connectivity index (χ0v) is 10.1. The van der Waals surface area contributed by atoms with Gasteiger partial charge in [0.2, 0.25) is 0 Å². The van der Waals surface area contributed by atoms with Crippen LogP contribution in [0.15, 0.2) is 0 Å². The van der Waals surface area contributed by atoms with Crippen LogP contribution in [0.25, 0.3) is 0 Å². The van der Waals surface area contributed by atoms with Gasteiger partial charge in [-0.1, -0.05) is 6.92 Å². The lowest BCUT2D eigenvalue weighted by Gasteiger charge is -2.20. The van der Waals surface area contributed by atoms with Crippen molar-refractivity contribution in [2.45, 2.75) is 27.2 Å². The third-order valence-corrected chi connectivity index (χ3v) is 2.30. The zero-order valence-electron chi connectivity index (χ0n) is 10.1. The molecule has 2 unspecified atom stereocenters. The molecule has 0 aliphatic heterocycles. The molecule has 0 aromatic carbocycles. The maximum absolute atomic E-state index is 11.5. The van der Waals surface area contributed by atoms with E-state index in [4.69, 9.17) is 14.6 Å². The fraction of sp³-hybridized carbons (Fsp3) is 0.818. The van der Waals surface area contributed by atoms with Crippen molar-refractivity contribution in [3.63, 3.8) is 0 Å². The minimum absolute atomic E-state index is 0.231. The van der Waals surface area contributed by atoms with E-state index in [0.717, 1.165) is 0 Å². The molecule has 5 heteroatoms. The average Bonchev–Trinajstić information content (AvgIpc) is 2.25. The topological polar surface area (TPSA) is 72.8 Å². The summed E-state index contributed by atoms with van der Waals surface area (Å²) in [7, 11) is 0. The van der Waals surface area contributed by atoms with Crippen molar-refractivity contribution in [2.75, 3.05) is 19.8 Å². The molecule has 0 spiro atoms. The summed E-state index contributed by atoms with van der Waals surface area (Å²) in [6, 6.07) is 0. The molecule has 0 saturated carbocycles. The van der Waals surface area contributed by atoms with E-state index in [0.29, 0.717) is 6.42 Å². The molecule has 2 atom stereocenters. The van der Waals surface area contributed by atoms with Gasteiger partial charge in [-0.3, -0.25) is 9.59 Å². The lowest BCUT2D eigenvalue weighted by atomic mass is 9.90. The van der Waals surface area contributed by atoms with Crippen LogP contribution in [0.4, 0.5) is 0 Å². The number of aliphatic hydroxyl groups is 1. The quantitative estimate of drug-likeness (QED) is 0.656. The summed E-state index contributed by atoms with van der Waals surface area (Å²) in [6.45, 7) is 5.23. The van der Waals surface area contributed by atoms with Gasteiger partial charge in [-0.2, -0.15) is 0 Å². The van der Waals surface area contributed by atoms with Crippen molar-refractivity contribution in [1.29, 1.82) is 0 Å². The number of carbonyl (C=O) groups is 2. The smallest absolute Gasteiger partial charge is 0.312 e. The summed E-state index contributed by atoms with van der Waals surface area (Å²) in [5, 5.41) is 9.13. The first-order chi connectivity index (χ1) is 7.62. The molecule has 0 bridgehead atoms. The van der Waals surface area contributed by atoms with E-state index in [1.165, 1.54) is 0 Å². The summed E-state index contributed by atoms with van der Waals surface area (Å²) in [5.41, 5.74) is 0. The highest BCUT2D eigenvalue weighted by atomic mass is 16.5. The molecule has 0 aliphatic carbocycles. The Morgan fingerprint density at radius 3 is 1.75 bits per heavy atom. The van der Waals surface area contributed by atoms with E-state index in [9.17, 15) is 9.59 Å². The fourth-order valence-electron chi connectivity index (χ4n) is 1.48. The molecular formula is C11H20O5. The third kappa shape index (κ3) is 4.18. The van der Waals surface area contributed by atoms with Gasteiger partial charge in [0.1, 0.15) is 0 Å². The van der Waals surface area contributed by atoms with Crippen LogP contribution in [0, 0.1) is 11.8 Å². The number of ether oxygens (including phenoxy) is 2. The third-order valence-electron chi connectivity index (χ3n) is 2.30. The minimum atomic E-state index is -0.830. The van der Waals surface area contributed by atoms with E-state index in [-0.39, 0.29) is 13.2 Å². The van der Waals surface area contributed by atoms with Crippen molar-refractivity contribution < 1.29 is 24.2 Å². The molecule has 0 aromatic heterocycles. The van der Waals surface area contributed by atoms with Gasteiger partial charge in [0.05, 0.1) is 31.7 Å². The average molecular weight is 232 g/mol. The Morgan fingerprint density at radius 1 is 1.00 bits per heavy atom. The summed E-state index contributed by atoms with van der Waals surface area (Å²) >= 11 is 0. The molecule has 16 heavy (non-hydrogen) atoms. The Labute approximate surface area is 95.7 Å². The van der Waals surface area contributed by atoms with Gasteiger partial charge in [-0.05, 0) is 20.3 Å². The van der Waals surface area contributed by atoms with E-state index in [1.54, 1.807) is 20.8 Å².